The molecule has 0 radical (unpaired) electrons. The number of hydrogen-bond donors (Lipinski definition) is 1. The Morgan fingerprint density at radius 2 is 1.74 bits per heavy atom. The Labute approximate surface area is 163 Å². The number of carbonyl (C=O) groups excluding carboxylic acids is 2. The quantitative estimate of drug-likeness (QED) is 0.728. The largest absolute Gasteiger partial charge is 0.345 e. The predicted molar refractivity (Wildman–Crippen MR) is 109 cm³/mol. The number of hydrogen-bond acceptors (Lipinski definition) is 3. The molecule has 0 spiro atoms. The van der Waals surface area contributed by atoms with Crippen LogP contribution in [0.1, 0.15) is 32.0 Å². The highest BCUT2D eigenvalue weighted by Crippen LogP contribution is 2.24. The van der Waals surface area contributed by atoms with Crippen molar-refractivity contribution in [3.05, 3.63) is 69.9 Å². The van der Waals surface area contributed by atoms with Gasteiger partial charge in [0, 0.05) is 25.2 Å². The zero-order chi connectivity index (χ0) is 19.7. The number of nitrogens with one attached hydrogen (secondary N) is 1. The number of amides is 2. The van der Waals surface area contributed by atoms with E-state index in [-0.39, 0.29) is 16.8 Å². The van der Waals surface area contributed by atoms with E-state index in [0.29, 0.717) is 22.5 Å². The molecule has 3 rings (SSSR count). The van der Waals surface area contributed by atoms with Crippen LogP contribution in [0.25, 0.3) is 10.9 Å². The number of nitrogens with zero attached hydrogens (tertiary/aromatic N) is 2. The smallest absolute Gasteiger partial charge is 0.257 e. The van der Waals surface area contributed by atoms with Gasteiger partial charge in [0.25, 0.3) is 11.8 Å². The van der Waals surface area contributed by atoms with Crippen LogP contribution in [0.3, 0.4) is 0 Å². The van der Waals surface area contributed by atoms with E-state index >= 15 is 0 Å². The van der Waals surface area contributed by atoms with Crippen molar-refractivity contribution in [2.24, 2.45) is 0 Å². The molecular formula is C21H20ClN3O2. The van der Waals surface area contributed by atoms with E-state index in [2.05, 4.69) is 10.3 Å². The summed E-state index contributed by atoms with van der Waals surface area (Å²) in [7, 11) is 3.32. The normalized spacial score (nSPS) is 10.7. The van der Waals surface area contributed by atoms with Gasteiger partial charge in [-0.2, -0.15) is 0 Å². The minimum atomic E-state index is -0.272. The molecule has 1 aromatic heterocycles. The van der Waals surface area contributed by atoms with Crippen molar-refractivity contribution in [2.75, 3.05) is 19.4 Å². The van der Waals surface area contributed by atoms with Crippen LogP contribution in [0.4, 0.5) is 5.69 Å². The van der Waals surface area contributed by atoms with Crippen LogP contribution in [-0.2, 0) is 0 Å². The maximum atomic E-state index is 12.7. The van der Waals surface area contributed by atoms with Gasteiger partial charge in [-0.25, -0.2) is 0 Å². The molecule has 2 amide bonds. The Balaban J connectivity index is 1.89. The molecule has 27 heavy (non-hydrogen) atoms. The predicted octanol–water partition coefficient (Wildman–Crippen LogP) is 4.46. The second-order valence-corrected chi connectivity index (χ2v) is 7.07. The fourth-order valence-corrected chi connectivity index (χ4v) is 3.09. The first kappa shape index (κ1) is 18.9. The van der Waals surface area contributed by atoms with Gasteiger partial charge in [0.05, 0.1) is 27.4 Å². The summed E-state index contributed by atoms with van der Waals surface area (Å²) in [5.74, 6) is -0.464. The van der Waals surface area contributed by atoms with Gasteiger partial charge in [0.15, 0.2) is 0 Å². The van der Waals surface area contributed by atoms with Gasteiger partial charge in [-0.1, -0.05) is 23.2 Å². The maximum Gasteiger partial charge on any atom is 0.257 e. The molecule has 0 bridgehead atoms. The number of rotatable bonds is 3. The van der Waals surface area contributed by atoms with Crippen LogP contribution in [0.2, 0.25) is 5.02 Å². The molecule has 1 heterocycles. The van der Waals surface area contributed by atoms with E-state index in [9.17, 15) is 9.59 Å². The van der Waals surface area contributed by atoms with Crippen molar-refractivity contribution in [2.45, 2.75) is 13.8 Å². The second-order valence-electron chi connectivity index (χ2n) is 6.67. The number of halogens is 1. The van der Waals surface area contributed by atoms with Crippen molar-refractivity contribution in [1.29, 1.82) is 0 Å². The molecular weight excluding hydrogens is 362 g/mol. The number of anilines is 1. The van der Waals surface area contributed by atoms with Crippen LogP contribution < -0.4 is 5.32 Å². The maximum absolute atomic E-state index is 12.7. The monoisotopic (exact) mass is 381 g/mol. The second kappa shape index (κ2) is 7.37. The van der Waals surface area contributed by atoms with E-state index < -0.39 is 0 Å². The summed E-state index contributed by atoms with van der Waals surface area (Å²) in [4.78, 5) is 30.8. The van der Waals surface area contributed by atoms with Crippen molar-refractivity contribution in [3.63, 3.8) is 0 Å². The van der Waals surface area contributed by atoms with Crippen molar-refractivity contribution in [1.82, 2.24) is 9.88 Å². The minimum absolute atomic E-state index is 0.192. The SMILES string of the molecule is Cc1ccc2nc(C)c(C(=O)Nc3ccc(C(=O)N(C)C)c(Cl)c3)cc2c1. The first-order valence-corrected chi connectivity index (χ1v) is 8.84. The average Bonchev–Trinajstić information content (AvgIpc) is 2.61. The van der Waals surface area contributed by atoms with Gasteiger partial charge >= 0.3 is 0 Å². The lowest BCUT2D eigenvalue weighted by molar-refractivity contribution is 0.0827. The number of carbonyl (C=O) groups is 2. The van der Waals surface area contributed by atoms with Gasteiger partial charge < -0.3 is 10.2 Å². The summed E-state index contributed by atoms with van der Waals surface area (Å²) in [6.45, 7) is 3.80. The Morgan fingerprint density at radius 3 is 2.41 bits per heavy atom. The van der Waals surface area contributed by atoms with Crippen molar-refractivity contribution >= 4 is 40.0 Å². The molecule has 0 saturated carbocycles. The Kier molecular flexibility index (Phi) is 5.15. The third-order valence-electron chi connectivity index (χ3n) is 4.27. The number of aryl methyl sites for hydroxylation is 2. The number of benzene rings is 2. The lowest BCUT2D eigenvalue weighted by Gasteiger charge is -2.13. The minimum Gasteiger partial charge on any atom is -0.345 e. The van der Waals surface area contributed by atoms with E-state index in [1.54, 1.807) is 39.2 Å². The van der Waals surface area contributed by atoms with Gasteiger partial charge in [0.2, 0.25) is 0 Å². The average molecular weight is 382 g/mol. The summed E-state index contributed by atoms with van der Waals surface area (Å²) in [5, 5.41) is 4.03. The van der Waals surface area contributed by atoms with Gasteiger partial charge in [-0.05, 0) is 50.2 Å². The van der Waals surface area contributed by atoms with Gasteiger partial charge in [0.1, 0.15) is 0 Å². The van der Waals surface area contributed by atoms with Crippen molar-refractivity contribution < 1.29 is 9.59 Å². The highest BCUT2D eigenvalue weighted by molar-refractivity contribution is 6.34. The molecule has 0 aliphatic heterocycles. The van der Waals surface area contributed by atoms with Crippen molar-refractivity contribution in [3.8, 4) is 0 Å². The number of fused-ring (bicyclic) bond motifs is 1. The molecule has 0 aliphatic rings. The third-order valence-corrected chi connectivity index (χ3v) is 4.58. The van der Waals surface area contributed by atoms with Gasteiger partial charge in [-0.15, -0.1) is 0 Å². The molecule has 2 aromatic carbocycles. The molecule has 0 aliphatic carbocycles. The third kappa shape index (κ3) is 3.93. The van der Waals surface area contributed by atoms with Crippen LogP contribution in [-0.4, -0.2) is 35.8 Å². The zero-order valence-electron chi connectivity index (χ0n) is 15.6. The Hall–Kier alpha value is -2.92. The van der Waals surface area contributed by atoms with E-state index in [1.807, 2.05) is 31.2 Å². The number of aromatic nitrogens is 1. The fourth-order valence-electron chi connectivity index (χ4n) is 2.83. The first-order chi connectivity index (χ1) is 12.8. The summed E-state index contributed by atoms with van der Waals surface area (Å²) in [5.41, 5.74) is 4.01. The molecule has 1 N–H and O–H groups in total. The van der Waals surface area contributed by atoms with Crippen LogP contribution >= 0.6 is 11.6 Å². The van der Waals surface area contributed by atoms with E-state index in [4.69, 9.17) is 11.6 Å². The van der Waals surface area contributed by atoms with Gasteiger partial charge in [-0.3, -0.25) is 14.6 Å². The highest BCUT2D eigenvalue weighted by Gasteiger charge is 2.15. The molecule has 0 atom stereocenters. The van der Waals surface area contributed by atoms with Crippen LogP contribution in [0, 0.1) is 13.8 Å². The summed E-state index contributed by atoms with van der Waals surface area (Å²) in [6.07, 6.45) is 0. The molecule has 3 aromatic rings. The summed E-state index contributed by atoms with van der Waals surface area (Å²) >= 11 is 6.21. The number of pyridine rings is 1. The zero-order valence-corrected chi connectivity index (χ0v) is 16.4. The topological polar surface area (TPSA) is 62.3 Å². The molecule has 138 valence electrons. The molecule has 6 heteroatoms. The van der Waals surface area contributed by atoms with Crippen LogP contribution in [0.5, 0.6) is 0 Å². The molecule has 5 nitrogen and oxygen atoms in total. The molecule has 0 saturated heterocycles. The molecule has 0 unspecified atom stereocenters. The first-order valence-electron chi connectivity index (χ1n) is 8.47. The van der Waals surface area contributed by atoms with Crippen LogP contribution in [0.15, 0.2) is 42.5 Å². The van der Waals surface area contributed by atoms with E-state index in [0.717, 1.165) is 16.5 Å². The summed E-state index contributed by atoms with van der Waals surface area (Å²) < 4.78 is 0. The van der Waals surface area contributed by atoms with E-state index in [1.165, 1.54) is 4.90 Å². The Bertz CT molecular complexity index is 1060. The standard InChI is InChI=1S/C21H20ClN3O2/c1-12-5-8-19-14(9-12)10-17(13(2)23-19)20(26)24-15-6-7-16(18(22)11-15)21(27)25(3)4/h5-11H,1-4H3,(H,24,26). The molecule has 0 fully saturated rings. The lowest BCUT2D eigenvalue weighted by atomic mass is 10.1. The fraction of sp³-hybridized carbons (Fsp3) is 0.190. The summed E-state index contributed by atoms with van der Waals surface area (Å²) in [6, 6.07) is 12.6. The highest BCUT2D eigenvalue weighted by atomic mass is 35.5. The Morgan fingerprint density at radius 1 is 1.00 bits per heavy atom. The lowest BCUT2D eigenvalue weighted by Crippen LogP contribution is -2.22.